The normalized spacial score (nSPS) is 21.3. The highest BCUT2D eigenvalue weighted by Gasteiger charge is 2.26. The molecule has 1 aromatic carbocycles. The molecule has 0 aromatic heterocycles. The topological polar surface area (TPSA) is 35.5 Å². The van der Waals surface area contributed by atoms with Crippen LogP contribution in [0, 0.1) is 0 Å². The van der Waals surface area contributed by atoms with E-state index in [1.807, 2.05) is 6.92 Å². The van der Waals surface area contributed by atoms with Crippen LogP contribution in [-0.4, -0.2) is 18.7 Å². The van der Waals surface area contributed by atoms with Gasteiger partial charge in [-0.25, -0.2) is 0 Å². The molecule has 3 heteroatoms. The summed E-state index contributed by atoms with van der Waals surface area (Å²) in [5, 5.41) is 0. The zero-order chi connectivity index (χ0) is 14.7. The maximum atomic E-state index is 11.7. The van der Waals surface area contributed by atoms with E-state index in [0.717, 1.165) is 18.6 Å². The average molecular weight is 288 g/mol. The Kier molecular flexibility index (Phi) is 4.47. The first-order valence-electron chi connectivity index (χ1n) is 8.21. The fraction of sp³-hybridized carbons (Fsp3) is 0.611. The Morgan fingerprint density at radius 3 is 2.81 bits per heavy atom. The van der Waals surface area contributed by atoms with E-state index in [0.29, 0.717) is 25.0 Å². The van der Waals surface area contributed by atoms with Crippen molar-refractivity contribution in [3.05, 3.63) is 29.3 Å². The van der Waals surface area contributed by atoms with Crippen LogP contribution in [0.4, 0.5) is 0 Å². The summed E-state index contributed by atoms with van der Waals surface area (Å²) in [6.45, 7) is 2.32. The molecule has 3 nitrogen and oxygen atoms in total. The highest BCUT2D eigenvalue weighted by atomic mass is 16.5. The van der Waals surface area contributed by atoms with Crippen LogP contribution in [-0.2, 0) is 16.0 Å². The van der Waals surface area contributed by atoms with Crippen LogP contribution >= 0.6 is 0 Å². The maximum Gasteiger partial charge on any atom is 0.306 e. The Morgan fingerprint density at radius 2 is 2.05 bits per heavy atom. The van der Waals surface area contributed by atoms with Gasteiger partial charge >= 0.3 is 5.97 Å². The number of hydrogen-bond acceptors (Lipinski definition) is 3. The lowest BCUT2D eigenvalue weighted by molar-refractivity contribution is -0.143. The van der Waals surface area contributed by atoms with E-state index in [-0.39, 0.29) is 5.97 Å². The summed E-state index contributed by atoms with van der Waals surface area (Å²) in [7, 11) is 0. The Labute approximate surface area is 126 Å². The minimum absolute atomic E-state index is 0.0818. The third kappa shape index (κ3) is 3.39. The van der Waals surface area contributed by atoms with Crippen molar-refractivity contribution in [1.82, 2.24) is 0 Å². The zero-order valence-electron chi connectivity index (χ0n) is 12.8. The summed E-state index contributed by atoms with van der Waals surface area (Å²) in [6.07, 6.45) is 7.94. The van der Waals surface area contributed by atoms with E-state index in [9.17, 15) is 4.79 Å². The molecule has 1 fully saturated rings. The van der Waals surface area contributed by atoms with Crippen molar-refractivity contribution in [3.63, 3.8) is 0 Å². The summed E-state index contributed by atoms with van der Waals surface area (Å²) in [6, 6.07) is 6.40. The molecule has 2 aliphatic rings. The van der Waals surface area contributed by atoms with Crippen LogP contribution in [0.1, 0.15) is 62.5 Å². The molecule has 3 rings (SSSR count). The van der Waals surface area contributed by atoms with Gasteiger partial charge in [0.25, 0.3) is 0 Å². The molecule has 114 valence electrons. The second-order valence-corrected chi connectivity index (χ2v) is 6.13. The molecule has 21 heavy (non-hydrogen) atoms. The second-order valence-electron chi connectivity index (χ2n) is 6.13. The Hall–Kier alpha value is -1.51. The summed E-state index contributed by atoms with van der Waals surface area (Å²) < 4.78 is 11.1. The summed E-state index contributed by atoms with van der Waals surface area (Å²) >= 11 is 0. The number of esters is 1. The lowest BCUT2D eigenvalue weighted by atomic mass is 9.98. The van der Waals surface area contributed by atoms with E-state index in [1.54, 1.807) is 0 Å². The Balaban J connectivity index is 1.65. The van der Waals surface area contributed by atoms with Gasteiger partial charge in [0.05, 0.1) is 19.1 Å². The van der Waals surface area contributed by atoms with Crippen LogP contribution in [0.15, 0.2) is 18.2 Å². The van der Waals surface area contributed by atoms with Crippen molar-refractivity contribution < 1.29 is 14.3 Å². The highest BCUT2D eigenvalue weighted by molar-refractivity contribution is 5.71. The summed E-state index contributed by atoms with van der Waals surface area (Å²) in [5.74, 6) is 1.23. The van der Waals surface area contributed by atoms with E-state index in [1.165, 1.54) is 36.8 Å². The van der Waals surface area contributed by atoms with E-state index < -0.39 is 0 Å². The molecule has 0 amide bonds. The number of ether oxygens (including phenoxy) is 2. The lowest BCUT2D eigenvalue weighted by Crippen LogP contribution is -2.11. The van der Waals surface area contributed by atoms with Crippen molar-refractivity contribution in [2.24, 2.45) is 0 Å². The van der Waals surface area contributed by atoms with Gasteiger partial charge < -0.3 is 9.47 Å². The van der Waals surface area contributed by atoms with Crippen molar-refractivity contribution in [3.8, 4) is 5.75 Å². The van der Waals surface area contributed by atoms with Crippen molar-refractivity contribution in [2.75, 3.05) is 6.61 Å². The van der Waals surface area contributed by atoms with Crippen molar-refractivity contribution in [2.45, 2.75) is 63.9 Å². The molecule has 0 N–H and O–H groups in total. The van der Waals surface area contributed by atoms with Gasteiger partial charge in [-0.2, -0.15) is 0 Å². The van der Waals surface area contributed by atoms with Gasteiger partial charge in [-0.1, -0.05) is 6.07 Å². The third-order valence-corrected chi connectivity index (χ3v) is 4.64. The fourth-order valence-corrected chi connectivity index (χ4v) is 3.59. The van der Waals surface area contributed by atoms with Crippen LogP contribution < -0.4 is 4.74 Å². The molecule has 0 saturated heterocycles. The predicted molar refractivity (Wildman–Crippen MR) is 81.6 cm³/mol. The van der Waals surface area contributed by atoms with E-state index >= 15 is 0 Å². The first kappa shape index (κ1) is 14.4. The van der Waals surface area contributed by atoms with Gasteiger partial charge in [0.15, 0.2) is 0 Å². The summed E-state index contributed by atoms with van der Waals surface area (Å²) in [5.41, 5.74) is 2.65. The molecule has 2 aliphatic carbocycles. The van der Waals surface area contributed by atoms with Gasteiger partial charge in [-0.15, -0.1) is 0 Å². The third-order valence-electron chi connectivity index (χ3n) is 4.64. The monoisotopic (exact) mass is 288 g/mol. The smallest absolute Gasteiger partial charge is 0.306 e. The molecule has 1 aromatic rings. The van der Waals surface area contributed by atoms with Crippen LogP contribution in [0.2, 0.25) is 0 Å². The number of benzene rings is 1. The highest BCUT2D eigenvalue weighted by Crippen LogP contribution is 2.38. The van der Waals surface area contributed by atoms with Crippen molar-refractivity contribution in [1.29, 1.82) is 0 Å². The number of fused-ring (bicyclic) bond motifs is 1. The molecule has 0 aliphatic heterocycles. The number of carbonyl (C=O) groups is 1. The number of rotatable bonds is 5. The molecule has 1 atom stereocenters. The molecule has 1 unspecified atom stereocenters. The standard InChI is InChI=1S/C18H24O3/c1-2-20-18(19)12-14-8-7-13-11-16(9-10-17(13)14)21-15-5-3-4-6-15/h9-11,14-15H,2-8,12H2,1H3. The minimum atomic E-state index is -0.0818. The largest absolute Gasteiger partial charge is 0.490 e. The zero-order valence-corrected chi connectivity index (χ0v) is 12.8. The van der Waals surface area contributed by atoms with Gasteiger partial charge in [0.1, 0.15) is 5.75 Å². The first-order valence-corrected chi connectivity index (χ1v) is 8.21. The maximum absolute atomic E-state index is 11.7. The molecular formula is C18H24O3. The predicted octanol–water partition coefficient (Wildman–Crippen LogP) is 3.99. The Morgan fingerprint density at radius 1 is 1.24 bits per heavy atom. The first-order chi connectivity index (χ1) is 10.3. The van der Waals surface area contributed by atoms with Gasteiger partial charge in [0.2, 0.25) is 0 Å². The minimum Gasteiger partial charge on any atom is -0.490 e. The molecule has 0 bridgehead atoms. The van der Waals surface area contributed by atoms with Crippen LogP contribution in [0.25, 0.3) is 0 Å². The molecular weight excluding hydrogens is 264 g/mol. The summed E-state index contributed by atoms with van der Waals surface area (Å²) in [4.78, 5) is 11.7. The average Bonchev–Trinajstić information content (AvgIpc) is 3.09. The molecule has 1 saturated carbocycles. The molecule has 0 radical (unpaired) electrons. The number of hydrogen-bond donors (Lipinski definition) is 0. The van der Waals surface area contributed by atoms with Crippen molar-refractivity contribution >= 4 is 5.97 Å². The SMILES string of the molecule is CCOC(=O)CC1CCc2cc(OC3CCCC3)ccc21. The second kappa shape index (κ2) is 6.50. The van der Waals surface area contributed by atoms with Crippen LogP contribution in [0.3, 0.4) is 0 Å². The van der Waals surface area contributed by atoms with E-state index in [2.05, 4.69) is 18.2 Å². The lowest BCUT2D eigenvalue weighted by Gasteiger charge is -2.15. The molecule has 0 heterocycles. The number of aryl methyl sites for hydroxylation is 1. The van der Waals surface area contributed by atoms with Gasteiger partial charge in [-0.3, -0.25) is 4.79 Å². The number of carbonyl (C=O) groups excluding carboxylic acids is 1. The van der Waals surface area contributed by atoms with Gasteiger partial charge in [-0.05, 0) is 74.6 Å². The molecule has 0 spiro atoms. The Bertz CT molecular complexity index is 503. The quantitative estimate of drug-likeness (QED) is 0.768. The van der Waals surface area contributed by atoms with E-state index in [4.69, 9.17) is 9.47 Å². The van der Waals surface area contributed by atoms with Crippen LogP contribution in [0.5, 0.6) is 5.75 Å². The van der Waals surface area contributed by atoms with Gasteiger partial charge in [0, 0.05) is 0 Å². The fourth-order valence-electron chi connectivity index (χ4n) is 3.59.